The van der Waals surface area contributed by atoms with E-state index in [0.29, 0.717) is 0 Å². The molecule has 0 saturated heterocycles. The Balaban J connectivity index is 1.18. The van der Waals surface area contributed by atoms with Crippen LogP contribution in [0.2, 0.25) is 13.1 Å². The van der Waals surface area contributed by atoms with Crippen molar-refractivity contribution in [2.75, 3.05) is 4.90 Å². The molecule has 0 radical (unpaired) electrons. The summed E-state index contributed by atoms with van der Waals surface area (Å²) in [5.41, 5.74) is 13.6. The number of para-hydroxylation sites is 1. The second kappa shape index (κ2) is 11.5. The highest BCUT2D eigenvalue weighted by atomic mass is 28.3. The molecule has 1 heterocycles. The molecular formula is C44H35NSi. The zero-order chi connectivity index (χ0) is 31.1. The minimum Gasteiger partial charge on any atom is -0.310 e. The van der Waals surface area contributed by atoms with Gasteiger partial charge in [-0.2, -0.15) is 0 Å². The second-order valence-electron chi connectivity index (χ2n) is 12.6. The molecule has 7 aromatic carbocycles. The third-order valence-electron chi connectivity index (χ3n) is 9.47. The first-order valence-corrected chi connectivity index (χ1v) is 19.0. The van der Waals surface area contributed by atoms with Gasteiger partial charge >= 0.3 is 0 Å². The van der Waals surface area contributed by atoms with Crippen molar-refractivity contribution in [1.82, 2.24) is 0 Å². The lowest BCUT2D eigenvalue weighted by atomic mass is 9.99. The van der Waals surface area contributed by atoms with Crippen molar-refractivity contribution in [1.29, 1.82) is 0 Å². The maximum Gasteiger partial charge on any atom is 0.113 e. The van der Waals surface area contributed by atoms with Crippen LogP contribution in [0.3, 0.4) is 0 Å². The number of hydrogen-bond donors (Lipinski definition) is 0. The molecule has 7 aromatic rings. The van der Waals surface area contributed by atoms with E-state index in [2.05, 4.69) is 194 Å². The van der Waals surface area contributed by atoms with Crippen LogP contribution < -0.4 is 15.3 Å². The number of benzene rings is 7. The smallest absolute Gasteiger partial charge is 0.113 e. The standard InChI is InChI=1S/C44H35NSi/c1-46(2)43-22-10-9-21-41(43)42-28-27-37(31-44(42)46)36-16-12-20-40(30-36)45(38-17-7-4-8-18-38)39-19-11-15-35(29-39)34-25-23-33(24-26-34)32-13-5-3-6-14-32/h3-31H,1-2H3. The second-order valence-corrected chi connectivity index (χ2v) is 17.0. The number of hydrogen-bond acceptors (Lipinski definition) is 1. The third kappa shape index (κ3) is 4.97. The van der Waals surface area contributed by atoms with E-state index >= 15 is 0 Å². The van der Waals surface area contributed by atoms with Crippen LogP contribution in [0.15, 0.2) is 176 Å². The molecule has 0 aliphatic carbocycles. The van der Waals surface area contributed by atoms with Gasteiger partial charge in [0.25, 0.3) is 0 Å². The van der Waals surface area contributed by atoms with Crippen molar-refractivity contribution in [3.63, 3.8) is 0 Å². The van der Waals surface area contributed by atoms with Crippen LogP contribution in [-0.2, 0) is 0 Å². The van der Waals surface area contributed by atoms with Crippen LogP contribution in [0.5, 0.6) is 0 Å². The maximum absolute atomic E-state index is 2.48. The minimum absolute atomic E-state index is 1.13. The predicted octanol–water partition coefficient (Wildman–Crippen LogP) is 11.0. The van der Waals surface area contributed by atoms with E-state index in [1.807, 2.05) is 0 Å². The van der Waals surface area contributed by atoms with Gasteiger partial charge in [-0.05, 0) is 91.3 Å². The molecule has 220 valence electrons. The molecule has 0 unspecified atom stereocenters. The van der Waals surface area contributed by atoms with E-state index in [0.717, 1.165) is 17.1 Å². The summed E-state index contributed by atoms with van der Waals surface area (Å²) in [6, 6.07) is 64.1. The fraction of sp³-hybridized carbons (Fsp3) is 0.0455. The first-order valence-electron chi connectivity index (χ1n) is 16.0. The number of rotatable bonds is 6. The van der Waals surface area contributed by atoms with Crippen molar-refractivity contribution in [3.8, 4) is 44.5 Å². The Morgan fingerprint density at radius 2 is 0.761 bits per heavy atom. The van der Waals surface area contributed by atoms with Gasteiger partial charge < -0.3 is 4.90 Å². The molecule has 46 heavy (non-hydrogen) atoms. The predicted molar refractivity (Wildman–Crippen MR) is 200 cm³/mol. The Labute approximate surface area is 273 Å². The van der Waals surface area contributed by atoms with E-state index in [-0.39, 0.29) is 0 Å². The van der Waals surface area contributed by atoms with E-state index < -0.39 is 8.07 Å². The minimum atomic E-state index is -1.76. The Morgan fingerprint density at radius 1 is 0.326 bits per heavy atom. The van der Waals surface area contributed by atoms with Crippen LogP contribution in [0, 0.1) is 0 Å². The van der Waals surface area contributed by atoms with Gasteiger partial charge in [0.15, 0.2) is 0 Å². The average molecular weight is 606 g/mol. The highest BCUT2D eigenvalue weighted by molar-refractivity contribution is 7.03. The van der Waals surface area contributed by atoms with Gasteiger partial charge in [0, 0.05) is 17.1 Å². The number of anilines is 3. The molecule has 0 saturated carbocycles. The van der Waals surface area contributed by atoms with Crippen LogP contribution in [0.1, 0.15) is 0 Å². The lowest BCUT2D eigenvalue weighted by Crippen LogP contribution is -2.49. The summed E-state index contributed by atoms with van der Waals surface area (Å²) in [6.45, 7) is 4.97. The van der Waals surface area contributed by atoms with Gasteiger partial charge in [0.2, 0.25) is 0 Å². The first kappa shape index (κ1) is 28.1. The molecule has 0 aromatic heterocycles. The molecule has 1 nitrogen and oxygen atoms in total. The van der Waals surface area contributed by atoms with Crippen molar-refractivity contribution >= 4 is 35.5 Å². The molecule has 1 aliphatic heterocycles. The van der Waals surface area contributed by atoms with Crippen LogP contribution in [0.25, 0.3) is 44.5 Å². The van der Waals surface area contributed by atoms with Gasteiger partial charge in [-0.25, -0.2) is 0 Å². The van der Waals surface area contributed by atoms with Crippen molar-refractivity contribution < 1.29 is 0 Å². The van der Waals surface area contributed by atoms with Gasteiger partial charge in [-0.3, -0.25) is 0 Å². The van der Waals surface area contributed by atoms with Crippen molar-refractivity contribution in [2.45, 2.75) is 13.1 Å². The largest absolute Gasteiger partial charge is 0.310 e. The van der Waals surface area contributed by atoms with E-state index in [4.69, 9.17) is 0 Å². The first-order chi connectivity index (χ1) is 22.6. The number of fused-ring (bicyclic) bond motifs is 3. The summed E-state index contributed by atoms with van der Waals surface area (Å²) in [4.78, 5) is 2.37. The zero-order valence-electron chi connectivity index (χ0n) is 26.2. The van der Waals surface area contributed by atoms with E-state index in [9.17, 15) is 0 Å². The normalized spacial score (nSPS) is 12.7. The quantitative estimate of drug-likeness (QED) is 0.170. The monoisotopic (exact) mass is 605 g/mol. The van der Waals surface area contributed by atoms with E-state index in [1.54, 1.807) is 5.19 Å². The maximum atomic E-state index is 2.48. The summed E-state index contributed by atoms with van der Waals surface area (Å²) in [6.07, 6.45) is 0. The third-order valence-corrected chi connectivity index (χ3v) is 13.0. The molecule has 8 rings (SSSR count). The molecule has 2 heteroatoms. The molecular weight excluding hydrogens is 571 g/mol. The van der Waals surface area contributed by atoms with Crippen LogP contribution >= 0.6 is 0 Å². The highest BCUT2D eigenvalue weighted by Gasteiger charge is 2.37. The highest BCUT2D eigenvalue weighted by Crippen LogP contribution is 2.39. The van der Waals surface area contributed by atoms with Gasteiger partial charge in [-0.1, -0.05) is 153 Å². The fourth-order valence-corrected chi connectivity index (χ4v) is 10.1. The average Bonchev–Trinajstić information content (AvgIpc) is 3.35. The Kier molecular flexibility index (Phi) is 7.01. The zero-order valence-corrected chi connectivity index (χ0v) is 27.2. The molecule has 0 bridgehead atoms. The van der Waals surface area contributed by atoms with Crippen LogP contribution in [0.4, 0.5) is 17.1 Å². The topological polar surface area (TPSA) is 3.24 Å². The summed E-state index contributed by atoms with van der Waals surface area (Å²) >= 11 is 0. The SMILES string of the molecule is C[Si]1(C)c2ccccc2-c2ccc(-c3cccc(N(c4ccccc4)c4cccc(-c5ccc(-c6ccccc6)cc5)c4)c3)cc21. The van der Waals surface area contributed by atoms with Gasteiger partial charge in [0.1, 0.15) is 8.07 Å². The summed E-state index contributed by atoms with van der Waals surface area (Å²) in [5, 5.41) is 3.07. The van der Waals surface area contributed by atoms with E-state index in [1.165, 1.54) is 49.7 Å². The summed E-state index contributed by atoms with van der Waals surface area (Å²) in [5.74, 6) is 0. The Hall–Kier alpha value is -5.44. The van der Waals surface area contributed by atoms with Crippen LogP contribution in [-0.4, -0.2) is 8.07 Å². The summed E-state index contributed by atoms with van der Waals surface area (Å²) < 4.78 is 0. The van der Waals surface area contributed by atoms with Crippen molar-refractivity contribution in [2.24, 2.45) is 0 Å². The summed E-state index contributed by atoms with van der Waals surface area (Å²) in [7, 11) is -1.76. The number of nitrogens with zero attached hydrogens (tertiary/aromatic N) is 1. The molecule has 1 aliphatic rings. The molecule has 0 amide bonds. The Morgan fingerprint density at radius 3 is 1.43 bits per heavy atom. The van der Waals surface area contributed by atoms with Gasteiger partial charge in [0.05, 0.1) is 0 Å². The van der Waals surface area contributed by atoms with Gasteiger partial charge in [-0.15, -0.1) is 0 Å². The van der Waals surface area contributed by atoms with Crippen molar-refractivity contribution in [3.05, 3.63) is 176 Å². The molecule has 0 spiro atoms. The molecule has 0 N–H and O–H groups in total. The molecule has 0 atom stereocenters. The molecule has 0 fully saturated rings. The Bertz CT molecular complexity index is 2170. The lowest BCUT2D eigenvalue weighted by molar-refractivity contribution is 1.28. The lowest BCUT2D eigenvalue weighted by Gasteiger charge is -2.26. The fourth-order valence-electron chi connectivity index (χ4n) is 7.04.